The topological polar surface area (TPSA) is 56.9 Å². The molecule has 25 heavy (non-hydrogen) atoms. The van der Waals surface area contributed by atoms with Gasteiger partial charge in [0.1, 0.15) is 5.76 Å². The Morgan fingerprint density at radius 2 is 1.80 bits per heavy atom. The van der Waals surface area contributed by atoms with Gasteiger partial charge in [0.05, 0.1) is 22.5 Å². The molecule has 8 heteroatoms. The maximum Gasteiger partial charge on any atom is 0.227 e. The summed E-state index contributed by atoms with van der Waals surface area (Å²) in [6, 6.07) is 6.80. The van der Waals surface area contributed by atoms with E-state index in [1.165, 1.54) is 6.07 Å². The van der Waals surface area contributed by atoms with Gasteiger partial charge < -0.3 is 14.4 Å². The van der Waals surface area contributed by atoms with E-state index in [-0.39, 0.29) is 17.4 Å². The molecule has 0 amide bonds. The first-order valence-corrected chi connectivity index (χ1v) is 9.10. The van der Waals surface area contributed by atoms with Gasteiger partial charge in [-0.3, -0.25) is 9.69 Å². The Morgan fingerprint density at radius 1 is 1.08 bits per heavy atom. The van der Waals surface area contributed by atoms with Crippen LogP contribution in [-0.2, 0) is 12.4 Å². The van der Waals surface area contributed by atoms with E-state index in [0.29, 0.717) is 22.4 Å². The van der Waals surface area contributed by atoms with Gasteiger partial charge in [0.2, 0.25) is 11.2 Å². The van der Waals surface area contributed by atoms with E-state index in [1.54, 1.807) is 6.07 Å². The summed E-state index contributed by atoms with van der Waals surface area (Å²) in [5.74, 6) is 0.356. The second-order valence-electron chi connectivity index (χ2n) is 5.84. The minimum Gasteiger partial charge on any atom is -0.502 e. The summed E-state index contributed by atoms with van der Waals surface area (Å²) in [4.78, 5) is 16.1. The van der Waals surface area contributed by atoms with E-state index in [2.05, 4.69) is 9.80 Å². The quantitative estimate of drug-likeness (QED) is 0.789. The number of alkyl halides is 1. The number of nitrogens with zero attached hydrogens (tertiary/aromatic N) is 2. The molecule has 3 rings (SSSR count). The molecule has 0 bridgehead atoms. The lowest BCUT2D eigenvalue weighted by molar-refractivity contribution is 0.220. The van der Waals surface area contributed by atoms with E-state index in [4.69, 9.17) is 39.2 Å². The smallest absolute Gasteiger partial charge is 0.227 e. The minimum absolute atomic E-state index is 0.0909. The van der Waals surface area contributed by atoms with Crippen LogP contribution in [0, 0.1) is 0 Å². The number of halogens is 3. The van der Waals surface area contributed by atoms with Crippen molar-refractivity contribution in [1.82, 2.24) is 4.90 Å². The number of hydrogen-bond donors (Lipinski definition) is 1. The predicted octanol–water partition coefficient (Wildman–Crippen LogP) is 3.71. The average molecular weight is 404 g/mol. The Bertz CT molecular complexity index is 817. The van der Waals surface area contributed by atoms with Gasteiger partial charge >= 0.3 is 0 Å². The van der Waals surface area contributed by atoms with Crippen molar-refractivity contribution in [3.05, 3.63) is 56.1 Å². The summed E-state index contributed by atoms with van der Waals surface area (Å²) >= 11 is 17.8. The van der Waals surface area contributed by atoms with E-state index in [1.807, 2.05) is 12.1 Å². The second kappa shape index (κ2) is 7.87. The fourth-order valence-corrected chi connectivity index (χ4v) is 3.23. The van der Waals surface area contributed by atoms with Gasteiger partial charge in [0.15, 0.2) is 5.76 Å². The lowest BCUT2D eigenvalue weighted by Gasteiger charge is -2.36. The molecule has 5 nitrogen and oxygen atoms in total. The molecule has 0 unspecified atom stereocenters. The number of anilines is 1. The molecule has 1 aliphatic heterocycles. The lowest BCUT2D eigenvalue weighted by Crippen LogP contribution is -2.46. The minimum atomic E-state index is -0.466. The molecule has 0 atom stereocenters. The number of aromatic hydroxyl groups is 1. The molecule has 2 aromatic rings. The Labute approximate surface area is 160 Å². The first-order valence-electron chi connectivity index (χ1n) is 7.81. The maximum atomic E-state index is 11.7. The van der Waals surface area contributed by atoms with Crippen LogP contribution in [0.4, 0.5) is 5.69 Å². The molecular formula is C17H17Cl3N2O3. The van der Waals surface area contributed by atoms with Crippen molar-refractivity contribution < 1.29 is 9.52 Å². The maximum absolute atomic E-state index is 11.7. The lowest BCUT2D eigenvalue weighted by atomic mass is 10.2. The summed E-state index contributed by atoms with van der Waals surface area (Å²) in [6.07, 6.45) is 0. The van der Waals surface area contributed by atoms with Crippen LogP contribution in [0.2, 0.25) is 10.0 Å². The number of piperazine rings is 1. The summed E-state index contributed by atoms with van der Waals surface area (Å²) in [5, 5.41) is 11.0. The van der Waals surface area contributed by atoms with Crippen LogP contribution in [0.15, 0.2) is 33.5 Å². The first-order chi connectivity index (χ1) is 12.0. The van der Waals surface area contributed by atoms with Gasteiger partial charge in [-0.1, -0.05) is 23.2 Å². The van der Waals surface area contributed by atoms with Crippen LogP contribution in [0.5, 0.6) is 5.75 Å². The highest BCUT2D eigenvalue weighted by molar-refractivity contribution is 6.42. The Balaban J connectivity index is 1.66. The molecular weight excluding hydrogens is 387 g/mol. The highest BCUT2D eigenvalue weighted by atomic mass is 35.5. The molecule has 1 aliphatic rings. The zero-order valence-corrected chi connectivity index (χ0v) is 15.6. The third kappa shape index (κ3) is 4.23. The number of hydrogen-bond acceptors (Lipinski definition) is 5. The summed E-state index contributed by atoms with van der Waals surface area (Å²) in [5.41, 5.74) is 0.555. The average Bonchev–Trinajstić information content (AvgIpc) is 2.61. The van der Waals surface area contributed by atoms with Crippen LogP contribution in [0.3, 0.4) is 0 Å². The van der Waals surface area contributed by atoms with Gasteiger partial charge in [0, 0.05) is 37.9 Å². The second-order valence-corrected chi connectivity index (χ2v) is 6.93. The number of benzene rings is 1. The van der Waals surface area contributed by atoms with Crippen LogP contribution in [0.1, 0.15) is 11.5 Å². The third-order valence-electron chi connectivity index (χ3n) is 4.18. The van der Waals surface area contributed by atoms with Crippen molar-refractivity contribution >= 4 is 40.5 Å². The summed E-state index contributed by atoms with van der Waals surface area (Å²) in [6.45, 7) is 3.46. The SMILES string of the molecule is O=c1cc(CCl)oc(CN2CCN(c3ccc(Cl)c(Cl)c3)CC2)c1O. The zero-order valence-electron chi connectivity index (χ0n) is 13.3. The van der Waals surface area contributed by atoms with E-state index < -0.39 is 5.43 Å². The van der Waals surface area contributed by atoms with Crippen molar-refractivity contribution in [2.45, 2.75) is 12.4 Å². The molecule has 134 valence electrons. The third-order valence-corrected chi connectivity index (χ3v) is 5.19. The van der Waals surface area contributed by atoms with E-state index >= 15 is 0 Å². The normalized spacial score (nSPS) is 15.6. The van der Waals surface area contributed by atoms with E-state index in [9.17, 15) is 9.90 Å². The molecule has 1 aromatic heterocycles. The number of rotatable bonds is 4. The zero-order chi connectivity index (χ0) is 18.0. The van der Waals surface area contributed by atoms with Crippen molar-refractivity contribution in [2.75, 3.05) is 31.1 Å². The van der Waals surface area contributed by atoms with Crippen LogP contribution >= 0.6 is 34.8 Å². The van der Waals surface area contributed by atoms with Crippen molar-refractivity contribution in [1.29, 1.82) is 0 Å². The molecule has 2 heterocycles. The standard InChI is InChI=1S/C17H17Cl3N2O3/c18-9-12-8-15(23)17(24)16(25-12)10-21-3-5-22(6-4-21)11-1-2-13(19)14(20)7-11/h1-2,7-8,24H,3-6,9-10H2. The summed E-state index contributed by atoms with van der Waals surface area (Å²) < 4.78 is 5.51. The molecule has 0 spiro atoms. The van der Waals surface area contributed by atoms with Gasteiger partial charge in [-0.25, -0.2) is 0 Å². The molecule has 0 aliphatic carbocycles. The van der Waals surface area contributed by atoms with Gasteiger partial charge in [-0.2, -0.15) is 0 Å². The fourth-order valence-electron chi connectivity index (χ4n) is 2.81. The van der Waals surface area contributed by atoms with E-state index in [0.717, 1.165) is 31.9 Å². The Hall–Kier alpha value is -1.40. The highest BCUT2D eigenvalue weighted by Crippen LogP contribution is 2.28. The molecule has 1 aromatic carbocycles. The van der Waals surface area contributed by atoms with Gasteiger partial charge in [0.25, 0.3) is 0 Å². The van der Waals surface area contributed by atoms with Crippen LogP contribution in [-0.4, -0.2) is 36.2 Å². The van der Waals surface area contributed by atoms with Crippen molar-refractivity contribution in [3.63, 3.8) is 0 Å². The summed E-state index contributed by atoms with van der Waals surface area (Å²) in [7, 11) is 0. The highest BCUT2D eigenvalue weighted by Gasteiger charge is 2.21. The largest absolute Gasteiger partial charge is 0.502 e. The molecule has 0 radical (unpaired) electrons. The van der Waals surface area contributed by atoms with Crippen LogP contribution in [0.25, 0.3) is 0 Å². The first kappa shape index (κ1) is 18.4. The molecule has 1 fully saturated rings. The van der Waals surface area contributed by atoms with Gasteiger partial charge in [-0.15, -0.1) is 11.6 Å². The van der Waals surface area contributed by atoms with Crippen molar-refractivity contribution in [2.24, 2.45) is 0 Å². The fraction of sp³-hybridized carbons (Fsp3) is 0.353. The predicted molar refractivity (Wildman–Crippen MR) is 100 cm³/mol. The van der Waals surface area contributed by atoms with Gasteiger partial charge in [-0.05, 0) is 18.2 Å². The van der Waals surface area contributed by atoms with Crippen molar-refractivity contribution in [3.8, 4) is 5.75 Å². The monoisotopic (exact) mass is 402 g/mol. The Kier molecular flexibility index (Phi) is 5.79. The van der Waals surface area contributed by atoms with Crippen LogP contribution < -0.4 is 10.3 Å². The molecule has 1 N–H and O–H groups in total. The Morgan fingerprint density at radius 3 is 2.44 bits per heavy atom. The molecule has 1 saturated heterocycles. The molecule has 0 saturated carbocycles.